The Morgan fingerprint density at radius 3 is 2.67 bits per heavy atom. The van der Waals surface area contributed by atoms with Gasteiger partial charge in [0.2, 0.25) is 0 Å². The molecule has 0 bridgehead atoms. The lowest BCUT2D eigenvalue weighted by molar-refractivity contribution is 1.02. The molecule has 4 nitrogen and oxygen atoms in total. The molecule has 0 fully saturated rings. The Bertz CT molecular complexity index is 384. The van der Waals surface area contributed by atoms with Crippen LogP contribution < -0.4 is 5.32 Å². The first-order valence-corrected chi connectivity index (χ1v) is 5.36. The maximum absolute atomic E-state index is 4.09. The van der Waals surface area contributed by atoms with Crippen LogP contribution in [-0.2, 0) is 0 Å². The summed E-state index contributed by atoms with van der Waals surface area (Å²) in [4.78, 5) is 12.0. The van der Waals surface area contributed by atoms with E-state index in [-0.39, 0.29) is 0 Å². The Hall–Kier alpha value is -1.24. The molecule has 5 heteroatoms. The van der Waals surface area contributed by atoms with Crippen LogP contribution in [-0.4, -0.2) is 22.0 Å². The molecule has 1 aromatic heterocycles. The molecule has 0 saturated heterocycles. The van der Waals surface area contributed by atoms with Crippen LogP contribution in [0.1, 0.15) is 5.82 Å². The fraction of sp³-hybridized carbons (Fsp3) is 0.100. The molecule has 0 aliphatic carbocycles. The SMILES string of the molecule is C=C/C(I)=C(\C=C/NC)c1ncncn1. The summed E-state index contributed by atoms with van der Waals surface area (Å²) in [6.07, 6.45) is 8.44. The van der Waals surface area contributed by atoms with Gasteiger partial charge in [0.05, 0.1) is 0 Å². The van der Waals surface area contributed by atoms with Crippen molar-refractivity contribution in [3.63, 3.8) is 0 Å². The van der Waals surface area contributed by atoms with Gasteiger partial charge < -0.3 is 5.32 Å². The Morgan fingerprint density at radius 1 is 1.47 bits per heavy atom. The molecule has 0 radical (unpaired) electrons. The minimum Gasteiger partial charge on any atom is -0.394 e. The van der Waals surface area contributed by atoms with Crippen molar-refractivity contribution >= 4 is 28.2 Å². The smallest absolute Gasteiger partial charge is 0.163 e. The van der Waals surface area contributed by atoms with Crippen LogP contribution in [0.4, 0.5) is 0 Å². The molecule has 0 amide bonds. The van der Waals surface area contributed by atoms with E-state index in [1.165, 1.54) is 12.7 Å². The second-order valence-corrected chi connectivity index (χ2v) is 3.71. The lowest BCUT2D eigenvalue weighted by Gasteiger charge is -2.01. The third kappa shape index (κ3) is 3.43. The molecule has 0 aliphatic heterocycles. The number of hydrogen-bond acceptors (Lipinski definition) is 4. The lowest BCUT2D eigenvalue weighted by Crippen LogP contribution is -1.96. The van der Waals surface area contributed by atoms with Crippen molar-refractivity contribution in [3.05, 3.63) is 47.0 Å². The predicted octanol–water partition coefficient (Wildman–Crippen LogP) is 1.94. The highest BCUT2D eigenvalue weighted by Gasteiger charge is 2.04. The van der Waals surface area contributed by atoms with E-state index in [9.17, 15) is 0 Å². The summed E-state index contributed by atoms with van der Waals surface area (Å²) in [5, 5.41) is 2.92. The summed E-state index contributed by atoms with van der Waals surface area (Å²) in [6.45, 7) is 3.72. The van der Waals surface area contributed by atoms with Gasteiger partial charge in [-0.3, -0.25) is 0 Å². The highest BCUT2D eigenvalue weighted by molar-refractivity contribution is 14.1. The first-order valence-electron chi connectivity index (χ1n) is 4.28. The zero-order valence-corrected chi connectivity index (χ0v) is 10.5. The van der Waals surface area contributed by atoms with Crippen molar-refractivity contribution in [2.45, 2.75) is 0 Å². The zero-order chi connectivity index (χ0) is 11.1. The monoisotopic (exact) mass is 314 g/mol. The number of aromatic nitrogens is 3. The molecule has 1 rings (SSSR count). The number of allylic oxidation sites excluding steroid dienone is 4. The van der Waals surface area contributed by atoms with Crippen molar-refractivity contribution in [1.82, 2.24) is 20.3 Å². The van der Waals surface area contributed by atoms with Crippen molar-refractivity contribution in [3.8, 4) is 0 Å². The van der Waals surface area contributed by atoms with Crippen LogP contribution in [0.3, 0.4) is 0 Å². The normalized spacial score (nSPS) is 12.4. The van der Waals surface area contributed by atoms with Crippen LogP contribution in [0.2, 0.25) is 0 Å². The summed E-state index contributed by atoms with van der Waals surface area (Å²) in [7, 11) is 1.84. The van der Waals surface area contributed by atoms with Gasteiger partial charge in [-0.25, -0.2) is 15.0 Å². The van der Waals surface area contributed by atoms with Gasteiger partial charge in [0.1, 0.15) is 12.7 Å². The summed E-state index contributed by atoms with van der Waals surface area (Å²) >= 11 is 2.19. The quantitative estimate of drug-likeness (QED) is 0.682. The second kappa shape index (κ2) is 6.28. The van der Waals surface area contributed by atoms with E-state index < -0.39 is 0 Å². The van der Waals surface area contributed by atoms with E-state index in [0.717, 1.165) is 9.15 Å². The van der Waals surface area contributed by atoms with Gasteiger partial charge in [-0.15, -0.1) is 0 Å². The van der Waals surface area contributed by atoms with Crippen molar-refractivity contribution in [2.75, 3.05) is 7.05 Å². The topological polar surface area (TPSA) is 50.7 Å². The molecule has 0 saturated carbocycles. The average Bonchev–Trinajstić information content (AvgIpc) is 2.30. The highest BCUT2D eigenvalue weighted by Crippen LogP contribution is 2.21. The molecule has 0 unspecified atom stereocenters. The largest absolute Gasteiger partial charge is 0.394 e. The predicted molar refractivity (Wildman–Crippen MR) is 69.2 cm³/mol. The van der Waals surface area contributed by atoms with Crippen LogP contribution >= 0.6 is 22.6 Å². The lowest BCUT2D eigenvalue weighted by atomic mass is 10.2. The first-order chi connectivity index (χ1) is 7.29. The number of nitrogens with one attached hydrogen (secondary N) is 1. The Kier molecular flexibility index (Phi) is 4.96. The van der Waals surface area contributed by atoms with E-state index in [1.807, 2.05) is 19.3 Å². The summed E-state index contributed by atoms with van der Waals surface area (Å²) in [5.74, 6) is 0.640. The van der Waals surface area contributed by atoms with Crippen molar-refractivity contribution < 1.29 is 0 Å². The zero-order valence-electron chi connectivity index (χ0n) is 8.31. The standard InChI is InChI=1S/C10H11IN4/c1-3-9(11)8(4-5-12-2)10-14-6-13-7-15-10/h3-7,12H,1H2,2H3/b5-4-,9-8-. The third-order valence-electron chi connectivity index (χ3n) is 1.59. The van der Waals surface area contributed by atoms with Gasteiger partial charge in [0.25, 0.3) is 0 Å². The van der Waals surface area contributed by atoms with E-state index in [0.29, 0.717) is 5.82 Å². The molecular weight excluding hydrogens is 303 g/mol. The molecule has 15 heavy (non-hydrogen) atoms. The second-order valence-electron chi connectivity index (χ2n) is 2.55. The molecule has 1 heterocycles. The Labute approximate surface area is 102 Å². The summed E-state index contributed by atoms with van der Waals surface area (Å²) < 4.78 is 0.991. The van der Waals surface area contributed by atoms with E-state index in [2.05, 4.69) is 49.4 Å². The van der Waals surface area contributed by atoms with Gasteiger partial charge in [0, 0.05) is 16.2 Å². The summed E-state index contributed by atoms with van der Waals surface area (Å²) in [6, 6.07) is 0. The maximum Gasteiger partial charge on any atom is 0.163 e. The number of nitrogens with zero attached hydrogens (tertiary/aromatic N) is 3. The maximum atomic E-state index is 4.09. The van der Waals surface area contributed by atoms with Crippen molar-refractivity contribution in [2.24, 2.45) is 0 Å². The number of halogens is 1. The van der Waals surface area contributed by atoms with Crippen LogP contribution in [0.25, 0.3) is 5.57 Å². The first kappa shape index (κ1) is 11.8. The Balaban J connectivity index is 3.14. The van der Waals surface area contributed by atoms with Gasteiger partial charge in [-0.05, 0) is 34.9 Å². The van der Waals surface area contributed by atoms with E-state index in [1.54, 1.807) is 6.08 Å². The van der Waals surface area contributed by atoms with Crippen LogP contribution in [0.5, 0.6) is 0 Å². The van der Waals surface area contributed by atoms with E-state index >= 15 is 0 Å². The van der Waals surface area contributed by atoms with Crippen LogP contribution in [0.15, 0.2) is 41.2 Å². The Morgan fingerprint density at radius 2 is 2.13 bits per heavy atom. The van der Waals surface area contributed by atoms with Gasteiger partial charge in [-0.1, -0.05) is 12.7 Å². The van der Waals surface area contributed by atoms with Gasteiger partial charge in [0.15, 0.2) is 5.82 Å². The minimum absolute atomic E-state index is 0.640. The molecule has 1 aromatic rings. The number of hydrogen-bond donors (Lipinski definition) is 1. The van der Waals surface area contributed by atoms with E-state index in [4.69, 9.17) is 0 Å². The molecule has 1 N–H and O–H groups in total. The molecular formula is C10H11IN4. The fourth-order valence-electron chi connectivity index (χ4n) is 0.916. The third-order valence-corrected chi connectivity index (χ3v) is 2.61. The molecule has 0 aliphatic rings. The summed E-state index contributed by atoms with van der Waals surface area (Å²) in [5.41, 5.74) is 0.919. The van der Waals surface area contributed by atoms with Crippen molar-refractivity contribution in [1.29, 1.82) is 0 Å². The average molecular weight is 314 g/mol. The molecule has 0 aromatic carbocycles. The highest BCUT2D eigenvalue weighted by atomic mass is 127. The molecule has 0 spiro atoms. The number of rotatable bonds is 4. The minimum atomic E-state index is 0.640. The van der Waals surface area contributed by atoms with Gasteiger partial charge in [-0.2, -0.15) is 0 Å². The molecule has 78 valence electrons. The fourth-order valence-corrected chi connectivity index (χ4v) is 1.34. The van der Waals surface area contributed by atoms with Crippen LogP contribution in [0, 0.1) is 0 Å². The molecule has 0 atom stereocenters. The van der Waals surface area contributed by atoms with Gasteiger partial charge >= 0.3 is 0 Å².